The third-order valence-corrected chi connectivity index (χ3v) is 4.77. The summed E-state index contributed by atoms with van der Waals surface area (Å²) in [6.07, 6.45) is 4.27. The van der Waals surface area contributed by atoms with E-state index in [0.717, 1.165) is 17.4 Å². The number of anilines is 2. The maximum atomic E-state index is 13.1. The molecule has 12 heteroatoms. The molecule has 32 heavy (non-hydrogen) atoms. The number of nitrogens with one attached hydrogen (secondary N) is 2. The zero-order valence-electron chi connectivity index (χ0n) is 17.9. The van der Waals surface area contributed by atoms with Gasteiger partial charge >= 0.3 is 0 Å². The molecule has 1 fully saturated rings. The molecule has 0 atom stereocenters. The monoisotopic (exact) mass is 440 g/mol. The molecule has 5 N–H and O–H groups in total. The summed E-state index contributed by atoms with van der Waals surface area (Å²) in [4.78, 5) is 45.1. The van der Waals surface area contributed by atoms with Crippen LogP contribution in [0.3, 0.4) is 0 Å². The van der Waals surface area contributed by atoms with Crippen molar-refractivity contribution in [2.75, 3.05) is 5.32 Å². The van der Waals surface area contributed by atoms with Crippen molar-refractivity contribution in [2.45, 2.75) is 46.2 Å². The van der Waals surface area contributed by atoms with Gasteiger partial charge in [-0.05, 0) is 18.3 Å². The van der Waals surface area contributed by atoms with E-state index >= 15 is 0 Å². The van der Waals surface area contributed by atoms with Gasteiger partial charge in [0.15, 0.2) is 17.2 Å². The average molecular weight is 440 g/mol. The molecular weight excluding hydrogens is 416 g/mol. The highest BCUT2D eigenvalue weighted by Crippen LogP contribution is 2.27. The van der Waals surface area contributed by atoms with Crippen LogP contribution in [0.25, 0.3) is 5.65 Å². The van der Waals surface area contributed by atoms with E-state index < -0.39 is 23.3 Å². The number of rotatable bonds is 6. The van der Waals surface area contributed by atoms with Gasteiger partial charge in [-0.3, -0.25) is 23.9 Å². The van der Waals surface area contributed by atoms with E-state index in [-0.39, 0.29) is 40.0 Å². The van der Waals surface area contributed by atoms with Crippen LogP contribution in [-0.4, -0.2) is 47.1 Å². The number of aromatic nitrogens is 5. The first kappa shape index (κ1) is 21.3. The Labute approximate surface area is 182 Å². The van der Waals surface area contributed by atoms with Crippen molar-refractivity contribution >= 4 is 29.1 Å². The predicted molar refractivity (Wildman–Crippen MR) is 115 cm³/mol. The van der Waals surface area contributed by atoms with E-state index in [1.165, 1.54) is 23.0 Å². The molecular formula is C20H24N8O4. The van der Waals surface area contributed by atoms with Crippen LogP contribution in [0, 0.1) is 5.41 Å². The number of fused-ring (bicyclic) bond motifs is 1. The van der Waals surface area contributed by atoms with E-state index in [4.69, 9.17) is 5.73 Å². The number of hydrogen-bond donors (Lipinski definition) is 4. The SMILES string of the molecule is CC(C)(C)Cn1c(O)c(C(=O)NC2CC2)c(=O)n2nc(Nc3cncc(C(N)=O)n3)cc12. The summed E-state index contributed by atoms with van der Waals surface area (Å²) in [5.41, 5.74) is 4.09. The van der Waals surface area contributed by atoms with Crippen LogP contribution in [0.15, 0.2) is 23.3 Å². The van der Waals surface area contributed by atoms with E-state index in [2.05, 4.69) is 25.7 Å². The van der Waals surface area contributed by atoms with Crippen LogP contribution in [0.4, 0.5) is 11.6 Å². The summed E-state index contributed by atoms with van der Waals surface area (Å²) in [6, 6.07) is 1.55. The number of carbonyl (C=O) groups excluding carboxylic acids is 2. The molecule has 0 spiro atoms. The molecule has 0 saturated heterocycles. The van der Waals surface area contributed by atoms with Gasteiger partial charge in [0.25, 0.3) is 17.4 Å². The fraction of sp³-hybridized carbons (Fsp3) is 0.400. The van der Waals surface area contributed by atoms with Gasteiger partial charge in [0, 0.05) is 18.7 Å². The number of amides is 2. The number of nitrogens with two attached hydrogens (primary N) is 1. The Morgan fingerprint density at radius 1 is 1.25 bits per heavy atom. The fourth-order valence-electron chi connectivity index (χ4n) is 3.21. The van der Waals surface area contributed by atoms with Crippen LogP contribution in [-0.2, 0) is 6.54 Å². The Balaban J connectivity index is 1.82. The second kappa shape index (κ2) is 7.62. The van der Waals surface area contributed by atoms with E-state index in [1.54, 1.807) is 0 Å². The number of nitrogens with zero attached hydrogens (tertiary/aromatic N) is 5. The first-order valence-electron chi connectivity index (χ1n) is 10.1. The lowest BCUT2D eigenvalue weighted by atomic mass is 9.96. The molecule has 0 aliphatic heterocycles. The van der Waals surface area contributed by atoms with Crippen molar-refractivity contribution in [3.05, 3.63) is 40.1 Å². The minimum atomic E-state index is -0.745. The molecule has 3 aromatic rings. The summed E-state index contributed by atoms with van der Waals surface area (Å²) in [5, 5.41) is 20.8. The zero-order valence-corrected chi connectivity index (χ0v) is 17.9. The topological polar surface area (TPSA) is 170 Å². The number of primary amides is 1. The molecule has 1 saturated carbocycles. The van der Waals surface area contributed by atoms with Crippen LogP contribution in [0.2, 0.25) is 0 Å². The van der Waals surface area contributed by atoms with E-state index in [1.807, 2.05) is 20.8 Å². The summed E-state index contributed by atoms with van der Waals surface area (Å²) in [5.74, 6) is -1.39. The highest BCUT2D eigenvalue weighted by molar-refractivity contribution is 5.96. The molecule has 0 bridgehead atoms. The van der Waals surface area contributed by atoms with E-state index in [0.29, 0.717) is 6.54 Å². The molecule has 0 aromatic carbocycles. The normalized spacial score (nSPS) is 13.8. The van der Waals surface area contributed by atoms with Crippen molar-refractivity contribution in [1.29, 1.82) is 0 Å². The Morgan fingerprint density at radius 3 is 2.59 bits per heavy atom. The largest absolute Gasteiger partial charge is 0.494 e. The smallest absolute Gasteiger partial charge is 0.291 e. The minimum absolute atomic E-state index is 0.0130. The maximum absolute atomic E-state index is 13.1. The molecule has 1 aliphatic rings. The van der Waals surface area contributed by atoms with Gasteiger partial charge in [0.1, 0.15) is 11.3 Å². The summed E-state index contributed by atoms with van der Waals surface area (Å²) >= 11 is 0. The lowest BCUT2D eigenvalue weighted by molar-refractivity contribution is 0.0942. The highest BCUT2D eigenvalue weighted by Gasteiger charge is 2.30. The molecule has 2 amide bonds. The van der Waals surface area contributed by atoms with Crippen molar-refractivity contribution in [3.8, 4) is 5.88 Å². The molecule has 12 nitrogen and oxygen atoms in total. The quantitative estimate of drug-likeness (QED) is 0.435. The maximum Gasteiger partial charge on any atom is 0.291 e. The van der Waals surface area contributed by atoms with Crippen molar-refractivity contribution in [1.82, 2.24) is 29.5 Å². The Hall–Kier alpha value is -3.96. The van der Waals surface area contributed by atoms with Gasteiger partial charge in [0.05, 0.1) is 12.4 Å². The Bertz CT molecular complexity index is 1280. The fourth-order valence-corrected chi connectivity index (χ4v) is 3.21. The third kappa shape index (κ3) is 4.24. The number of aromatic hydroxyl groups is 1. The molecule has 3 heterocycles. The van der Waals surface area contributed by atoms with Gasteiger partial charge < -0.3 is 21.5 Å². The summed E-state index contributed by atoms with van der Waals surface area (Å²) in [6.45, 7) is 6.21. The molecule has 1 aliphatic carbocycles. The second-order valence-electron chi connectivity index (χ2n) is 8.98. The lowest BCUT2D eigenvalue weighted by Crippen LogP contribution is -2.35. The van der Waals surface area contributed by atoms with Crippen LogP contribution >= 0.6 is 0 Å². The van der Waals surface area contributed by atoms with E-state index in [9.17, 15) is 19.5 Å². The van der Waals surface area contributed by atoms with Crippen molar-refractivity contribution < 1.29 is 14.7 Å². The van der Waals surface area contributed by atoms with Crippen LogP contribution in [0.5, 0.6) is 5.88 Å². The van der Waals surface area contributed by atoms with Gasteiger partial charge in [-0.25, -0.2) is 4.98 Å². The Morgan fingerprint density at radius 2 is 1.97 bits per heavy atom. The van der Waals surface area contributed by atoms with Crippen LogP contribution < -0.4 is 21.9 Å². The van der Waals surface area contributed by atoms with Gasteiger partial charge in [0.2, 0.25) is 5.88 Å². The Kier molecular flexibility index (Phi) is 5.07. The summed E-state index contributed by atoms with van der Waals surface area (Å²) in [7, 11) is 0. The van der Waals surface area contributed by atoms with Crippen molar-refractivity contribution in [2.24, 2.45) is 11.1 Å². The first-order valence-corrected chi connectivity index (χ1v) is 10.1. The molecule has 0 radical (unpaired) electrons. The average Bonchev–Trinajstić information content (AvgIpc) is 3.41. The first-order chi connectivity index (χ1) is 15.0. The number of carbonyl (C=O) groups is 2. The highest BCUT2D eigenvalue weighted by atomic mass is 16.3. The molecule has 168 valence electrons. The number of hydrogen-bond acceptors (Lipinski definition) is 8. The van der Waals surface area contributed by atoms with Gasteiger partial charge in [-0.2, -0.15) is 4.52 Å². The standard InChI is InChI=1S/C20H24N8O4/c1-20(2,3)9-27-14-6-12(25-13-8-22-7-11(24-13)16(21)29)26-28(14)19(32)15(18(27)31)17(30)23-10-4-5-10/h6-8,10,31H,4-5,9H2,1-3H3,(H2,21,29)(H,23,30)(H,24,25,26). The minimum Gasteiger partial charge on any atom is -0.494 e. The third-order valence-electron chi connectivity index (χ3n) is 4.77. The predicted octanol–water partition coefficient (Wildman–Crippen LogP) is 0.772. The molecule has 3 aromatic heterocycles. The molecule has 0 unspecified atom stereocenters. The van der Waals surface area contributed by atoms with Gasteiger partial charge in [-0.15, -0.1) is 5.10 Å². The zero-order chi connectivity index (χ0) is 23.2. The lowest BCUT2D eigenvalue weighted by Gasteiger charge is -2.23. The second-order valence-corrected chi connectivity index (χ2v) is 8.98. The molecule has 4 rings (SSSR count). The summed E-state index contributed by atoms with van der Waals surface area (Å²) < 4.78 is 2.54. The van der Waals surface area contributed by atoms with Crippen LogP contribution in [0.1, 0.15) is 54.5 Å². The van der Waals surface area contributed by atoms with Crippen molar-refractivity contribution in [3.63, 3.8) is 0 Å². The van der Waals surface area contributed by atoms with Gasteiger partial charge in [-0.1, -0.05) is 20.8 Å².